The Morgan fingerprint density at radius 3 is 2.65 bits per heavy atom. The van der Waals surface area contributed by atoms with Gasteiger partial charge in [-0.2, -0.15) is 0 Å². The Hall–Kier alpha value is -2.99. The van der Waals surface area contributed by atoms with Crippen molar-refractivity contribution in [1.29, 1.82) is 0 Å². The summed E-state index contributed by atoms with van der Waals surface area (Å²) in [5.74, 6) is 1.14. The summed E-state index contributed by atoms with van der Waals surface area (Å²) >= 11 is 0. The van der Waals surface area contributed by atoms with Gasteiger partial charge in [-0.05, 0) is 38.5 Å². The van der Waals surface area contributed by atoms with Crippen molar-refractivity contribution in [3.63, 3.8) is 0 Å². The number of pyridine rings is 1. The van der Waals surface area contributed by atoms with Crippen molar-refractivity contribution in [2.75, 3.05) is 11.9 Å². The summed E-state index contributed by atoms with van der Waals surface area (Å²) in [5, 5.41) is 13.4. The van der Waals surface area contributed by atoms with Crippen LogP contribution < -0.4 is 10.9 Å². The van der Waals surface area contributed by atoms with Gasteiger partial charge in [0.2, 0.25) is 0 Å². The quantitative estimate of drug-likeness (QED) is 0.658. The van der Waals surface area contributed by atoms with Crippen LogP contribution >= 0.6 is 0 Å². The highest BCUT2D eigenvalue weighted by Crippen LogP contribution is 2.18. The number of aromatic amines is 1. The van der Waals surface area contributed by atoms with Crippen LogP contribution in [-0.4, -0.2) is 26.6 Å². The zero-order valence-electron chi connectivity index (χ0n) is 15.1. The Kier molecular flexibility index (Phi) is 5.14. The predicted molar refractivity (Wildman–Crippen MR) is 102 cm³/mol. The summed E-state index contributed by atoms with van der Waals surface area (Å²) in [6.07, 6.45) is 1.03. The van der Waals surface area contributed by atoms with Crippen LogP contribution in [-0.2, 0) is 0 Å². The molecule has 26 heavy (non-hydrogen) atoms. The highest BCUT2D eigenvalue weighted by atomic mass is 16.3. The Labute approximate surface area is 152 Å². The minimum Gasteiger partial charge on any atom is -0.387 e. The molecule has 2 aromatic heterocycles. The highest BCUT2D eigenvalue weighted by Gasteiger charge is 2.09. The van der Waals surface area contributed by atoms with Crippen molar-refractivity contribution in [3.05, 3.63) is 75.3 Å². The molecule has 3 N–H and O–H groups in total. The van der Waals surface area contributed by atoms with E-state index in [-0.39, 0.29) is 5.56 Å². The number of anilines is 1. The molecule has 0 fully saturated rings. The molecule has 0 aliphatic heterocycles. The fourth-order valence-corrected chi connectivity index (χ4v) is 2.62. The molecule has 0 spiro atoms. The zero-order valence-corrected chi connectivity index (χ0v) is 15.1. The topological polar surface area (TPSA) is 90.9 Å². The standard InChI is InChI=1S/C20H22N4O2/c1-12-5-4-6-15(9-12)17(25)11-22-18-8-7-16(10-21-18)19-23-14(3)13(2)20(26)24-19/h4-10,17,25H,11H2,1-3H3,(H,21,22)(H,23,24,26). The molecule has 0 saturated carbocycles. The molecule has 0 bridgehead atoms. The molecule has 1 unspecified atom stereocenters. The number of hydrogen-bond acceptors (Lipinski definition) is 5. The first-order valence-corrected chi connectivity index (χ1v) is 8.46. The molecule has 0 radical (unpaired) electrons. The summed E-state index contributed by atoms with van der Waals surface area (Å²) in [7, 11) is 0. The maximum Gasteiger partial charge on any atom is 0.254 e. The third-order valence-corrected chi connectivity index (χ3v) is 4.34. The number of aliphatic hydroxyl groups excluding tert-OH is 1. The van der Waals surface area contributed by atoms with E-state index < -0.39 is 6.10 Å². The number of aryl methyl sites for hydroxylation is 2. The van der Waals surface area contributed by atoms with Gasteiger partial charge in [-0.3, -0.25) is 4.79 Å². The molecule has 1 aromatic carbocycles. The molecule has 6 heteroatoms. The number of aliphatic hydroxyl groups is 1. The monoisotopic (exact) mass is 350 g/mol. The Morgan fingerprint density at radius 1 is 1.19 bits per heavy atom. The first-order chi connectivity index (χ1) is 12.4. The number of aromatic nitrogens is 3. The van der Waals surface area contributed by atoms with Gasteiger partial charge in [0.05, 0.1) is 6.10 Å². The number of benzene rings is 1. The maximum absolute atomic E-state index is 11.9. The minimum atomic E-state index is -0.617. The summed E-state index contributed by atoms with van der Waals surface area (Å²) in [6, 6.07) is 11.4. The van der Waals surface area contributed by atoms with E-state index in [0.717, 1.165) is 16.7 Å². The van der Waals surface area contributed by atoms with Gasteiger partial charge >= 0.3 is 0 Å². The van der Waals surface area contributed by atoms with E-state index in [2.05, 4.69) is 20.3 Å². The van der Waals surface area contributed by atoms with E-state index in [0.29, 0.717) is 29.4 Å². The normalized spacial score (nSPS) is 12.0. The first kappa shape index (κ1) is 17.8. The van der Waals surface area contributed by atoms with Crippen molar-refractivity contribution >= 4 is 5.82 Å². The van der Waals surface area contributed by atoms with E-state index in [1.54, 1.807) is 19.2 Å². The smallest absolute Gasteiger partial charge is 0.254 e. The Morgan fingerprint density at radius 2 is 2.00 bits per heavy atom. The molecule has 3 rings (SSSR count). The van der Waals surface area contributed by atoms with E-state index >= 15 is 0 Å². The lowest BCUT2D eigenvalue weighted by molar-refractivity contribution is 0.191. The number of hydrogen-bond donors (Lipinski definition) is 3. The van der Waals surface area contributed by atoms with Crippen LogP contribution in [0.3, 0.4) is 0 Å². The number of H-pyrrole nitrogens is 1. The molecular formula is C20H22N4O2. The summed E-state index contributed by atoms with van der Waals surface area (Å²) in [4.78, 5) is 23.4. The summed E-state index contributed by atoms with van der Waals surface area (Å²) in [5.41, 5.74) is 3.88. The lowest BCUT2D eigenvalue weighted by atomic mass is 10.1. The Bertz CT molecular complexity index is 964. The number of nitrogens with one attached hydrogen (secondary N) is 2. The van der Waals surface area contributed by atoms with Gasteiger partial charge in [-0.15, -0.1) is 0 Å². The van der Waals surface area contributed by atoms with Gasteiger partial charge in [0.1, 0.15) is 11.6 Å². The molecule has 0 aliphatic rings. The van der Waals surface area contributed by atoms with Crippen LogP contribution in [0.25, 0.3) is 11.4 Å². The molecule has 6 nitrogen and oxygen atoms in total. The first-order valence-electron chi connectivity index (χ1n) is 8.46. The molecule has 1 atom stereocenters. The van der Waals surface area contributed by atoms with Crippen molar-refractivity contribution in [2.45, 2.75) is 26.9 Å². The summed E-state index contributed by atoms with van der Waals surface area (Å²) in [6.45, 7) is 5.91. The van der Waals surface area contributed by atoms with Gasteiger partial charge in [-0.25, -0.2) is 9.97 Å². The molecule has 134 valence electrons. The second kappa shape index (κ2) is 7.49. The van der Waals surface area contributed by atoms with E-state index in [9.17, 15) is 9.90 Å². The van der Waals surface area contributed by atoms with Gasteiger partial charge < -0.3 is 15.4 Å². The van der Waals surface area contributed by atoms with Crippen molar-refractivity contribution in [2.24, 2.45) is 0 Å². The van der Waals surface area contributed by atoms with Gasteiger partial charge in [0.15, 0.2) is 0 Å². The van der Waals surface area contributed by atoms with Gasteiger partial charge in [0.25, 0.3) is 5.56 Å². The molecule has 2 heterocycles. The SMILES string of the molecule is Cc1cccc(C(O)CNc2ccc(-c3nc(C)c(C)c(=O)[nH]3)cn2)c1. The van der Waals surface area contributed by atoms with Crippen LogP contribution in [0.4, 0.5) is 5.82 Å². The van der Waals surface area contributed by atoms with Crippen LogP contribution in [0.2, 0.25) is 0 Å². The van der Waals surface area contributed by atoms with Crippen LogP contribution in [0.1, 0.15) is 28.5 Å². The highest BCUT2D eigenvalue weighted by molar-refractivity contribution is 5.56. The average molecular weight is 350 g/mol. The van der Waals surface area contributed by atoms with E-state index in [4.69, 9.17) is 0 Å². The van der Waals surface area contributed by atoms with Gasteiger partial charge in [-0.1, -0.05) is 29.8 Å². The predicted octanol–water partition coefficient (Wildman–Crippen LogP) is 2.90. The summed E-state index contributed by atoms with van der Waals surface area (Å²) < 4.78 is 0. The second-order valence-corrected chi connectivity index (χ2v) is 6.37. The third kappa shape index (κ3) is 3.97. The average Bonchev–Trinajstić information content (AvgIpc) is 2.64. The fraction of sp³-hybridized carbons (Fsp3) is 0.250. The minimum absolute atomic E-state index is 0.143. The zero-order chi connectivity index (χ0) is 18.7. The van der Waals surface area contributed by atoms with E-state index in [1.165, 1.54) is 0 Å². The van der Waals surface area contributed by atoms with Crippen LogP contribution in [0, 0.1) is 20.8 Å². The maximum atomic E-state index is 11.9. The molecule has 0 amide bonds. The largest absolute Gasteiger partial charge is 0.387 e. The third-order valence-electron chi connectivity index (χ3n) is 4.34. The fourth-order valence-electron chi connectivity index (χ4n) is 2.62. The lowest BCUT2D eigenvalue weighted by Crippen LogP contribution is -2.14. The molecule has 3 aromatic rings. The Balaban J connectivity index is 1.69. The lowest BCUT2D eigenvalue weighted by Gasteiger charge is -2.13. The van der Waals surface area contributed by atoms with Crippen molar-refractivity contribution < 1.29 is 5.11 Å². The van der Waals surface area contributed by atoms with Crippen molar-refractivity contribution in [3.8, 4) is 11.4 Å². The van der Waals surface area contributed by atoms with Crippen LogP contribution in [0.5, 0.6) is 0 Å². The molecule has 0 saturated heterocycles. The van der Waals surface area contributed by atoms with Crippen molar-refractivity contribution in [1.82, 2.24) is 15.0 Å². The number of nitrogens with zero attached hydrogens (tertiary/aromatic N) is 2. The number of rotatable bonds is 5. The van der Waals surface area contributed by atoms with E-state index in [1.807, 2.05) is 44.2 Å². The van der Waals surface area contributed by atoms with Gasteiger partial charge in [0, 0.05) is 29.6 Å². The molecule has 0 aliphatic carbocycles. The molecular weight excluding hydrogens is 328 g/mol. The second-order valence-electron chi connectivity index (χ2n) is 6.37. The van der Waals surface area contributed by atoms with Crippen LogP contribution in [0.15, 0.2) is 47.4 Å².